The van der Waals surface area contributed by atoms with Gasteiger partial charge in [-0.3, -0.25) is 4.79 Å². The van der Waals surface area contributed by atoms with Gasteiger partial charge in [-0.15, -0.1) is 0 Å². The highest BCUT2D eigenvalue weighted by Gasteiger charge is 1.96. The standard InChI is InChI=1S/C12H18O4/c1-2-16-12(15)10-8-6-4-3-5-7-9-11(13)14/h2,8,10H,1,3-7,9H2,(H,13,14). The van der Waals surface area contributed by atoms with Crippen LogP contribution in [0.2, 0.25) is 0 Å². The van der Waals surface area contributed by atoms with Gasteiger partial charge < -0.3 is 9.84 Å². The summed E-state index contributed by atoms with van der Waals surface area (Å²) in [5.41, 5.74) is 0. The zero-order chi connectivity index (χ0) is 12.2. The third-order valence-corrected chi connectivity index (χ3v) is 1.96. The maximum absolute atomic E-state index is 10.8. The smallest absolute Gasteiger partial charge is 0.335 e. The third kappa shape index (κ3) is 10.5. The van der Waals surface area contributed by atoms with Crippen LogP contribution in [0.5, 0.6) is 0 Å². The zero-order valence-electron chi connectivity index (χ0n) is 9.35. The lowest BCUT2D eigenvalue weighted by Gasteiger charge is -1.96. The first-order chi connectivity index (χ1) is 7.66. The quantitative estimate of drug-likeness (QED) is 0.284. The first kappa shape index (κ1) is 14.4. The Labute approximate surface area is 95.6 Å². The van der Waals surface area contributed by atoms with Crippen LogP contribution in [0, 0.1) is 0 Å². The van der Waals surface area contributed by atoms with Crippen LogP contribution in [0.3, 0.4) is 0 Å². The summed E-state index contributed by atoms with van der Waals surface area (Å²) in [6.45, 7) is 3.27. The molecule has 0 fully saturated rings. The zero-order valence-corrected chi connectivity index (χ0v) is 9.35. The largest absolute Gasteiger partial charge is 0.481 e. The molecule has 0 atom stereocenters. The first-order valence-electron chi connectivity index (χ1n) is 5.36. The van der Waals surface area contributed by atoms with Gasteiger partial charge in [-0.25, -0.2) is 4.79 Å². The molecule has 0 aliphatic heterocycles. The van der Waals surface area contributed by atoms with E-state index >= 15 is 0 Å². The number of hydrogen-bond acceptors (Lipinski definition) is 3. The van der Waals surface area contributed by atoms with E-state index in [9.17, 15) is 9.59 Å². The lowest BCUT2D eigenvalue weighted by molar-refractivity contribution is -0.137. The average Bonchev–Trinajstić information content (AvgIpc) is 2.22. The van der Waals surface area contributed by atoms with Crippen LogP contribution in [-0.2, 0) is 14.3 Å². The number of esters is 1. The Bertz CT molecular complexity index is 256. The molecule has 0 saturated carbocycles. The maximum atomic E-state index is 10.8. The van der Waals surface area contributed by atoms with Gasteiger partial charge in [-0.1, -0.05) is 25.5 Å². The van der Waals surface area contributed by atoms with Crippen LogP contribution in [-0.4, -0.2) is 17.0 Å². The molecule has 0 rings (SSSR count). The van der Waals surface area contributed by atoms with Gasteiger partial charge in [0, 0.05) is 12.5 Å². The molecule has 0 amide bonds. The number of carboxylic acids is 1. The second-order valence-electron chi connectivity index (χ2n) is 3.35. The van der Waals surface area contributed by atoms with Gasteiger partial charge in [0.2, 0.25) is 0 Å². The fourth-order valence-corrected chi connectivity index (χ4v) is 1.19. The number of unbranched alkanes of at least 4 members (excludes halogenated alkanes) is 4. The molecule has 16 heavy (non-hydrogen) atoms. The number of allylic oxidation sites excluding steroid dienone is 1. The topological polar surface area (TPSA) is 63.6 Å². The Kier molecular flexibility index (Phi) is 8.97. The van der Waals surface area contributed by atoms with Crippen molar-refractivity contribution in [2.24, 2.45) is 0 Å². The summed E-state index contributed by atoms with van der Waals surface area (Å²) in [7, 11) is 0. The van der Waals surface area contributed by atoms with E-state index in [1.165, 1.54) is 6.08 Å². The molecule has 90 valence electrons. The number of rotatable bonds is 9. The molecule has 0 saturated heterocycles. The van der Waals surface area contributed by atoms with Crippen molar-refractivity contribution in [1.29, 1.82) is 0 Å². The minimum atomic E-state index is -0.743. The Morgan fingerprint density at radius 1 is 1.19 bits per heavy atom. The Morgan fingerprint density at radius 3 is 2.50 bits per heavy atom. The van der Waals surface area contributed by atoms with Gasteiger partial charge in [0.05, 0.1) is 6.26 Å². The van der Waals surface area contributed by atoms with E-state index in [0.29, 0.717) is 0 Å². The summed E-state index contributed by atoms with van der Waals surface area (Å²) in [6, 6.07) is 0. The molecule has 0 radical (unpaired) electrons. The van der Waals surface area contributed by atoms with Gasteiger partial charge in [0.15, 0.2) is 0 Å². The predicted octanol–water partition coefficient (Wildman–Crippen LogP) is 2.65. The molecule has 0 aromatic heterocycles. The summed E-state index contributed by atoms with van der Waals surface area (Å²) in [6.07, 6.45) is 8.84. The minimum absolute atomic E-state index is 0.238. The Balaban J connectivity index is 3.29. The summed E-state index contributed by atoms with van der Waals surface area (Å²) in [5, 5.41) is 8.40. The lowest BCUT2D eigenvalue weighted by Crippen LogP contribution is -1.93. The molecule has 0 aromatic carbocycles. The van der Waals surface area contributed by atoms with Gasteiger partial charge in [0.25, 0.3) is 0 Å². The fraction of sp³-hybridized carbons (Fsp3) is 0.500. The number of ether oxygens (including phenoxy) is 1. The number of aliphatic carboxylic acids is 1. The molecule has 0 aromatic rings. The van der Waals surface area contributed by atoms with Crippen molar-refractivity contribution in [1.82, 2.24) is 0 Å². The van der Waals surface area contributed by atoms with E-state index in [2.05, 4.69) is 11.3 Å². The molecule has 0 bridgehead atoms. The van der Waals surface area contributed by atoms with Crippen molar-refractivity contribution in [2.75, 3.05) is 0 Å². The van der Waals surface area contributed by atoms with Gasteiger partial charge in [0.1, 0.15) is 0 Å². The van der Waals surface area contributed by atoms with Crippen LogP contribution in [0.4, 0.5) is 0 Å². The van der Waals surface area contributed by atoms with Crippen LogP contribution in [0.15, 0.2) is 25.0 Å². The molecule has 4 nitrogen and oxygen atoms in total. The molecule has 1 N–H and O–H groups in total. The highest BCUT2D eigenvalue weighted by molar-refractivity contribution is 5.82. The number of carbonyl (C=O) groups is 2. The van der Waals surface area contributed by atoms with E-state index in [1.54, 1.807) is 6.08 Å². The molecular formula is C12H18O4. The van der Waals surface area contributed by atoms with E-state index < -0.39 is 11.9 Å². The number of carboxylic acid groups (broad SMARTS) is 1. The average molecular weight is 226 g/mol. The predicted molar refractivity (Wildman–Crippen MR) is 60.8 cm³/mol. The number of carbonyl (C=O) groups excluding carboxylic acids is 1. The molecule has 0 spiro atoms. The Hall–Kier alpha value is -1.58. The summed E-state index contributed by atoms with van der Waals surface area (Å²) in [4.78, 5) is 21.0. The second-order valence-corrected chi connectivity index (χ2v) is 3.35. The number of hydrogen-bond donors (Lipinski definition) is 1. The van der Waals surface area contributed by atoms with Crippen LogP contribution in [0.1, 0.15) is 38.5 Å². The van der Waals surface area contributed by atoms with E-state index in [1.807, 2.05) is 0 Å². The molecule has 0 aliphatic rings. The van der Waals surface area contributed by atoms with E-state index in [-0.39, 0.29) is 6.42 Å². The van der Waals surface area contributed by atoms with Crippen molar-refractivity contribution in [3.8, 4) is 0 Å². The van der Waals surface area contributed by atoms with Crippen LogP contribution < -0.4 is 0 Å². The SMILES string of the molecule is C=COC(=O)C=CCCCCCCC(=O)O. The summed E-state index contributed by atoms with van der Waals surface area (Å²) < 4.78 is 4.49. The van der Waals surface area contributed by atoms with Crippen molar-refractivity contribution in [2.45, 2.75) is 38.5 Å². The highest BCUT2D eigenvalue weighted by atomic mass is 16.5. The molecular weight excluding hydrogens is 208 g/mol. The molecule has 0 unspecified atom stereocenters. The van der Waals surface area contributed by atoms with E-state index in [4.69, 9.17) is 5.11 Å². The monoisotopic (exact) mass is 226 g/mol. The summed E-state index contributed by atoms with van der Waals surface area (Å²) >= 11 is 0. The van der Waals surface area contributed by atoms with Crippen molar-refractivity contribution in [3.63, 3.8) is 0 Å². The first-order valence-corrected chi connectivity index (χ1v) is 5.36. The third-order valence-electron chi connectivity index (χ3n) is 1.96. The van der Waals surface area contributed by atoms with Crippen molar-refractivity contribution >= 4 is 11.9 Å². The lowest BCUT2D eigenvalue weighted by atomic mass is 10.1. The van der Waals surface area contributed by atoms with Crippen molar-refractivity contribution < 1.29 is 19.4 Å². The molecule has 0 aliphatic carbocycles. The van der Waals surface area contributed by atoms with Crippen LogP contribution in [0.25, 0.3) is 0 Å². The normalized spacial score (nSPS) is 10.2. The van der Waals surface area contributed by atoms with Gasteiger partial charge in [-0.05, 0) is 19.3 Å². The highest BCUT2D eigenvalue weighted by Crippen LogP contribution is 2.05. The maximum Gasteiger partial charge on any atom is 0.335 e. The molecule has 0 heterocycles. The van der Waals surface area contributed by atoms with Gasteiger partial charge >= 0.3 is 11.9 Å². The van der Waals surface area contributed by atoms with E-state index in [0.717, 1.165) is 38.4 Å². The van der Waals surface area contributed by atoms with Crippen LogP contribution >= 0.6 is 0 Å². The van der Waals surface area contributed by atoms with Crippen molar-refractivity contribution in [3.05, 3.63) is 25.0 Å². The fourth-order valence-electron chi connectivity index (χ4n) is 1.19. The Morgan fingerprint density at radius 2 is 1.88 bits per heavy atom. The molecule has 4 heteroatoms. The minimum Gasteiger partial charge on any atom is -0.481 e. The second kappa shape index (κ2) is 9.96. The summed E-state index contributed by atoms with van der Waals surface area (Å²) in [5.74, 6) is -1.16. The van der Waals surface area contributed by atoms with Gasteiger partial charge in [-0.2, -0.15) is 0 Å².